The Hall–Kier alpha value is -1.68. The maximum atomic E-state index is 12.8. The molecule has 0 radical (unpaired) electrons. The van der Waals surface area contributed by atoms with Gasteiger partial charge in [0, 0.05) is 18.6 Å². The third kappa shape index (κ3) is 3.37. The van der Waals surface area contributed by atoms with E-state index >= 15 is 0 Å². The van der Waals surface area contributed by atoms with Crippen molar-refractivity contribution in [2.45, 2.75) is 76.9 Å². The topological polar surface area (TPSA) is 38.1 Å². The Morgan fingerprint density at radius 1 is 1.12 bits per heavy atom. The molecule has 1 aromatic carbocycles. The molecule has 0 N–H and O–H groups in total. The third-order valence-electron chi connectivity index (χ3n) is 6.22. The van der Waals surface area contributed by atoms with Gasteiger partial charge < -0.3 is 0 Å². The van der Waals surface area contributed by atoms with Crippen LogP contribution in [0.25, 0.3) is 10.9 Å². The van der Waals surface area contributed by atoms with E-state index in [-0.39, 0.29) is 5.56 Å². The number of nitrogens with zero attached hydrogens (tertiary/aromatic N) is 3. The van der Waals surface area contributed by atoms with Gasteiger partial charge in [0.25, 0.3) is 5.56 Å². The number of piperidine rings is 1. The second-order valence-corrected chi connectivity index (χ2v) is 7.83. The van der Waals surface area contributed by atoms with E-state index in [1.807, 2.05) is 29.7 Å². The lowest BCUT2D eigenvalue weighted by atomic mass is 9.96. The summed E-state index contributed by atoms with van der Waals surface area (Å²) in [6, 6.07) is 7.30. The molecular weight excluding hydrogens is 310 g/mol. The highest BCUT2D eigenvalue weighted by Crippen LogP contribution is 2.30. The van der Waals surface area contributed by atoms with E-state index in [0.29, 0.717) is 6.04 Å². The molecule has 4 rings (SSSR count). The number of fused-ring (bicyclic) bond motifs is 1. The van der Waals surface area contributed by atoms with E-state index in [0.717, 1.165) is 35.5 Å². The monoisotopic (exact) mass is 339 g/mol. The highest BCUT2D eigenvalue weighted by Gasteiger charge is 2.30. The molecule has 0 bridgehead atoms. The van der Waals surface area contributed by atoms with Crippen LogP contribution in [0.3, 0.4) is 0 Å². The fourth-order valence-corrected chi connectivity index (χ4v) is 4.83. The van der Waals surface area contributed by atoms with Gasteiger partial charge in [-0.05, 0) is 57.2 Å². The Balaban J connectivity index is 1.51. The predicted octanol–water partition coefficient (Wildman–Crippen LogP) is 3.89. The minimum Gasteiger partial charge on any atom is -0.299 e. The third-order valence-corrected chi connectivity index (χ3v) is 6.22. The van der Waals surface area contributed by atoms with Gasteiger partial charge in [-0.2, -0.15) is 0 Å². The number of benzene rings is 1. The molecule has 1 atom stereocenters. The minimum atomic E-state index is 0.108. The van der Waals surface area contributed by atoms with Crippen molar-refractivity contribution in [3.8, 4) is 0 Å². The van der Waals surface area contributed by atoms with Crippen molar-refractivity contribution < 1.29 is 0 Å². The van der Waals surface area contributed by atoms with Gasteiger partial charge in [-0.1, -0.05) is 31.4 Å². The smallest absolute Gasteiger partial charge is 0.261 e. The summed E-state index contributed by atoms with van der Waals surface area (Å²) in [5.74, 6) is 0. The lowest BCUT2D eigenvalue weighted by Crippen LogP contribution is -2.45. The fraction of sp³-hybridized carbons (Fsp3) is 0.619. The molecule has 0 amide bonds. The Morgan fingerprint density at radius 3 is 2.76 bits per heavy atom. The molecule has 1 saturated carbocycles. The first kappa shape index (κ1) is 16.8. The lowest BCUT2D eigenvalue weighted by molar-refractivity contribution is 0.0880. The summed E-state index contributed by atoms with van der Waals surface area (Å²) in [5.41, 5.74) is 2.02. The Bertz CT molecular complexity index is 791. The summed E-state index contributed by atoms with van der Waals surface area (Å²) in [4.78, 5) is 20.1. The van der Waals surface area contributed by atoms with Crippen molar-refractivity contribution in [1.82, 2.24) is 14.5 Å². The van der Waals surface area contributed by atoms with Crippen molar-refractivity contribution >= 4 is 10.9 Å². The Morgan fingerprint density at radius 2 is 1.92 bits per heavy atom. The van der Waals surface area contributed by atoms with Crippen LogP contribution in [-0.2, 0) is 6.54 Å². The highest BCUT2D eigenvalue weighted by molar-refractivity contribution is 5.80. The van der Waals surface area contributed by atoms with Crippen molar-refractivity contribution in [2.24, 2.45) is 0 Å². The Labute approximate surface area is 149 Å². The number of aryl methyl sites for hydroxylation is 2. The van der Waals surface area contributed by atoms with Crippen molar-refractivity contribution in [3.63, 3.8) is 0 Å². The molecule has 2 aromatic rings. The first-order chi connectivity index (χ1) is 12.2. The van der Waals surface area contributed by atoms with E-state index in [4.69, 9.17) is 0 Å². The molecule has 1 aliphatic heterocycles. The molecule has 0 spiro atoms. The first-order valence-electron chi connectivity index (χ1n) is 9.94. The fourth-order valence-electron chi connectivity index (χ4n) is 4.83. The number of hydrogen-bond acceptors (Lipinski definition) is 3. The molecule has 1 aliphatic carbocycles. The SMILES string of the molecule is Cc1cccc2c(=O)n(CC[C@H]3CCCCN3C3CCCC3)cnc12. The van der Waals surface area contributed by atoms with E-state index < -0.39 is 0 Å². The van der Waals surface area contributed by atoms with Crippen molar-refractivity contribution in [1.29, 1.82) is 0 Å². The van der Waals surface area contributed by atoms with Crippen molar-refractivity contribution in [2.75, 3.05) is 6.54 Å². The first-order valence-corrected chi connectivity index (χ1v) is 9.94. The van der Waals surface area contributed by atoms with Gasteiger partial charge in [-0.15, -0.1) is 0 Å². The summed E-state index contributed by atoms with van der Waals surface area (Å²) in [7, 11) is 0. The second kappa shape index (κ2) is 7.28. The largest absolute Gasteiger partial charge is 0.299 e. The molecule has 25 heavy (non-hydrogen) atoms. The molecule has 2 aliphatic rings. The molecular formula is C21H29N3O. The van der Waals surface area contributed by atoms with E-state index in [1.165, 1.54) is 51.5 Å². The average Bonchev–Trinajstić information content (AvgIpc) is 3.17. The zero-order valence-electron chi connectivity index (χ0n) is 15.3. The Kier molecular flexibility index (Phi) is 4.89. The standard InChI is InChI=1S/C21H29N3O/c1-16-7-6-11-19-20(16)22-15-23(21(19)25)14-12-18-10-4-5-13-24(18)17-8-2-3-9-17/h6-7,11,15,17-18H,2-5,8-10,12-14H2,1H3/t18-/m1/s1. The molecule has 1 saturated heterocycles. The summed E-state index contributed by atoms with van der Waals surface area (Å²) in [6.45, 7) is 4.05. The summed E-state index contributed by atoms with van der Waals surface area (Å²) in [5, 5.41) is 0.749. The molecule has 134 valence electrons. The molecule has 4 nitrogen and oxygen atoms in total. The number of rotatable bonds is 4. The maximum absolute atomic E-state index is 12.8. The van der Waals surface area contributed by atoms with E-state index in [9.17, 15) is 4.79 Å². The van der Waals surface area contributed by atoms with Crippen LogP contribution in [0.2, 0.25) is 0 Å². The molecule has 2 fully saturated rings. The van der Waals surface area contributed by atoms with Crippen LogP contribution < -0.4 is 5.56 Å². The quantitative estimate of drug-likeness (QED) is 0.848. The van der Waals surface area contributed by atoms with Crippen LogP contribution in [-0.4, -0.2) is 33.1 Å². The zero-order chi connectivity index (χ0) is 17.2. The molecule has 0 unspecified atom stereocenters. The number of aromatic nitrogens is 2. The van der Waals surface area contributed by atoms with Gasteiger partial charge >= 0.3 is 0 Å². The molecule has 4 heteroatoms. The number of para-hydroxylation sites is 1. The van der Waals surface area contributed by atoms with Crippen LogP contribution in [0.4, 0.5) is 0 Å². The summed E-state index contributed by atoms with van der Waals surface area (Å²) < 4.78 is 1.82. The zero-order valence-corrected chi connectivity index (χ0v) is 15.3. The minimum absolute atomic E-state index is 0.108. The highest BCUT2D eigenvalue weighted by atomic mass is 16.1. The normalized spacial score (nSPS) is 22.7. The van der Waals surface area contributed by atoms with Gasteiger partial charge in [-0.25, -0.2) is 4.98 Å². The number of likely N-dealkylation sites (tertiary alicyclic amines) is 1. The van der Waals surface area contributed by atoms with E-state index in [2.05, 4.69) is 9.88 Å². The van der Waals surface area contributed by atoms with Crippen LogP contribution in [0.15, 0.2) is 29.3 Å². The molecule has 2 heterocycles. The van der Waals surface area contributed by atoms with Gasteiger partial charge in [0.2, 0.25) is 0 Å². The van der Waals surface area contributed by atoms with Crippen LogP contribution in [0.5, 0.6) is 0 Å². The van der Waals surface area contributed by atoms with Gasteiger partial charge in [0.1, 0.15) is 0 Å². The van der Waals surface area contributed by atoms with Crippen LogP contribution in [0.1, 0.15) is 56.9 Å². The van der Waals surface area contributed by atoms with E-state index in [1.54, 1.807) is 6.33 Å². The van der Waals surface area contributed by atoms with Gasteiger partial charge in [0.05, 0.1) is 17.2 Å². The van der Waals surface area contributed by atoms with Gasteiger partial charge in [0.15, 0.2) is 0 Å². The van der Waals surface area contributed by atoms with Crippen LogP contribution >= 0.6 is 0 Å². The second-order valence-electron chi connectivity index (χ2n) is 7.83. The average molecular weight is 339 g/mol. The summed E-state index contributed by atoms with van der Waals surface area (Å²) >= 11 is 0. The maximum Gasteiger partial charge on any atom is 0.261 e. The van der Waals surface area contributed by atoms with Gasteiger partial charge in [-0.3, -0.25) is 14.3 Å². The summed E-state index contributed by atoms with van der Waals surface area (Å²) in [6.07, 6.45) is 12.3. The van der Waals surface area contributed by atoms with Crippen molar-refractivity contribution in [3.05, 3.63) is 40.4 Å². The number of hydrogen-bond donors (Lipinski definition) is 0. The lowest BCUT2D eigenvalue weighted by Gasteiger charge is -2.40. The van der Waals surface area contributed by atoms with Crippen LogP contribution in [0, 0.1) is 6.92 Å². The predicted molar refractivity (Wildman–Crippen MR) is 102 cm³/mol. The molecule has 1 aromatic heterocycles.